The van der Waals surface area contributed by atoms with Crippen molar-refractivity contribution in [2.24, 2.45) is 0 Å². The predicted octanol–water partition coefficient (Wildman–Crippen LogP) is 5.80. The van der Waals surface area contributed by atoms with Gasteiger partial charge in [-0.2, -0.15) is 0 Å². The minimum Gasteiger partial charge on any atom is -0.350 e. The second-order valence-corrected chi connectivity index (χ2v) is 7.99. The summed E-state index contributed by atoms with van der Waals surface area (Å²) in [5, 5.41) is 3.72. The Morgan fingerprint density at radius 2 is 1.52 bits per heavy atom. The van der Waals surface area contributed by atoms with Crippen LogP contribution in [0.15, 0.2) is 66.4 Å². The van der Waals surface area contributed by atoms with E-state index in [1.54, 1.807) is 18.2 Å². The molecular formula is C25H20ClFN2O2. The molecule has 4 rings (SSSR count). The fourth-order valence-corrected chi connectivity index (χ4v) is 3.76. The molecule has 0 saturated heterocycles. The molecule has 0 saturated carbocycles. The Hall–Kier alpha value is -3.44. The second kappa shape index (κ2) is 8.00. The number of hydrogen-bond acceptors (Lipinski definition) is 3. The lowest BCUT2D eigenvalue weighted by Crippen LogP contribution is -2.32. The van der Waals surface area contributed by atoms with Crippen LogP contribution in [0.3, 0.4) is 0 Å². The molecular weight excluding hydrogens is 415 g/mol. The Balaban J connectivity index is 1.85. The Bertz CT molecular complexity index is 1250. The van der Waals surface area contributed by atoms with Crippen LogP contribution in [0.5, 0.6) is 0 Å². The Kier molecular flexibility index (Phi) is 5.38. The Labute approximate surface area is 185 Å². The van der Waals surface area contributed by atoms with Crippen molar-refractivity contribution in [2.75, 3.05) is 10.2 Å². The summed E-state index contributed by atoms with van der Waals surface area (Å²) >= 11 is 6.06. The van der Waals surface area contributed by atoms with E-state index < -0.39 is 17.6 Å². The first kappa shape index (κ1) is 20.8. The zero-order valence-corrected chi connectivity index (χ0v) is 18.0. The van der Waals surface area contributed by atoms with Gasteiger partial charge >= 0.3 is 0 Å². The summed E-state index contributed by atoms with van der Waals surface area (Å²) in [6.45, 7) is 5.80. The normalized spacial score (nSPS) is 13.9. The van der Waals surface area contributed by atoms with Crippen molar-refractivity contribution in [3.8, 4) is 0 Å². The number of carbonyl (C=O) groups is 2. The lowest BCUT2D eigenvalue weighted by Gasteiger charge is -2.15. The largest absolute Gasteiger partial charge is 0.350 e. The van der Waals surface area contributed by atoms with Crippen LogP contribution in [-0.2, 0) is 9.59 Å². The van der Waals surface area contributed by atoms with Gasteiger partial charge in [-0.05, 0) is 85.5 Å². The van der Waals surface area contributed by atoms with Gasteiger partial charge in [0.05, 0.1) is 11.3 Å². The molecule has 3 aromatic rings. The zero-order chi connectivity index (χ0) is 22.3. The number of nitrogens with zero attached hydrogens (tertiary/aromatic N) is 1. The average molecular weight is 435 g/mol. The van der Waals surface area contributed by atoms with E-state index in [0.29, 0.717) is 22.0 Å². The van der Waals surface area contributed by atoms with Gasteiger partial charge in [0.1, 0.15) is 11.5 Å². The van der Waals surface area contributed by atoms with Gasteiger partial charge in [0.2, 0.25) is 0 Å². The van der Waals surface area contributed by atoms with E-state index in [0.717, 1.165) is 21.6 Å². The zero-order valence-electron chi connectivity index (χ0n) is 17.3. The summed E-state index contributed by atoms with van der Waals surface area (Å²) in [6, 6.07) is 16.2. The number of carbonyl (C=O) groups excluding carboxylic acids is 2. The van der Waals surface area contributed by atoms with Crippen LogP contribution in [-0.4, -0.2) is 11.8 Å². The highest BCUT2D eigenvalue weighted by atomic mass is 35.5. The highest BCUT2D eigenvalue weighted by molar-refractivity contribution is 6.46. The third-order valence-corrected chi connectivity index (χ3v) is 5.65. The van der Waals surface area contributed by atoms with E-state index in [2.05, 4.69) is 5.32 Å². The summed E-state index contributed by atoms with van der Waals surface area (Å²) in [7, 11) is 0. The molecule has 0 fully saturated rings. The van der Waals surface area contributed by atoms with Gasteiger partial charge in [-0.1, -0.05) is 29.8 Å². The number of aryl methyl sites for hydroxylation is 3. The molecule has 0 aromatic heterocycles. The van der Waals surface area contributed by atoms with E-state index >= 15 is 0 Å². The number of imide groups is 1. The highest BCUT2D eigenvalue weighted by Gasteiger charge is 2.40. The van der Waals surface area contributed by atoms with Crippen molar-refractivity contribution >= 4 is 40.4 Å². The molecule has 1 aliphatic rings. The third kappa shape index (κ3) is 3.84. The molecule has 1 N–H and O–H groups in total. The number of amides is 2. The molecule has 2 amide bonds. The third-order valence-electron chi connectivity index (χ3n) is 5.41. The number of rotatable bonds is 4. The van der Waals surface area contributed by atoms with Crippen LogP contribution in [0.25, 0.3) is 5.57 Å². The molecule has 6 heteroatoms. The number of hydrogen-bond donors (Lipinski definition) is 1. The van der Waals surface area contributed by atoms with Crippen molar-refractivity contribution in [3.05, 3.63) is 99.5 Å². The average Bonchev–Trinajstić information content (AvgIpc) is 2.97. The maximum absolute atomic E-state index is 13.4. The SMILES string of the molecule is Cc1ccc(C2=C(Nc3ccc(Cl)cc3C)C(=O)N(c3ccc(F)cc3)C2=O)cc1C. The number of benzene rings is 3. The topological polar surface area (TPSA) is 49.4 Å². The smallest absolute Gasteiger partial charge is 0.282 e. The van der Waals surface area contributed by atoms with Gasteiger partial charge in [0, 0.05) is 10.7 Å². The monoisotopic (exact) mass is 434 g/mol. The number of nitrogens with one attached hydrogen (secondary N) is 1. The first-order chi connectivity index (χ1) is 14.8. The van der Waals surface area contributed by atoms with E-state index in [1.165, 1.54) is 24.3 Å². The fraction of sp³-hybridized carbons (Fsp3) is 0.120. The van der Waals surface area contributed by atoms with E-state index in [1.807, 2.05) is 39.0 Å². The summed E-state index contributed by atoms with van der Waals surface area (Å²) in [6.07, 6.45) is 0. The van der Waals surface area contributed by atoms with Crippen LogP contribution in [0, 0.1) is 26.6 Å². The predicted molar refractivity (Wildman–Crippen MR) is 122 cm³/mol. The molecule has 3 aromatic carbocycles. The highest BCUT2D eigenvalue weighted by Crippen LogP contribution is 2.35. The van der Waals surface area contributed by atoms with Crippen LogP contribution < -0.4 is 10.2 Å². The van der Waals surface area contributed by atoms with E-state index in [-0.39, 0.29) is 11.3 Å². The lowest BCUT2D eigenvalue weighted by molar-refractivity contribution is -0.120. The second-order valence-electron chi connectivity index (χ2n) is 7.56. The Morgan fingerprint density at radius 1 is 0.806 bits per heavy atom. The lowest BCUT2D eigenvalue weighted by atomic mass is 9.99. The van der Waals surface area contributed by atoms with Gasteiger partial charge in [-0.15, -0.1) is 0 Å². The van der Waals surface area contributed by atoms with Crippen LogP contribution in [0.1, 0.15) is 22.3 Å². The summed E-state index contributed by atoms with van der Waals surface area (Å²) in [5.41, 5.74) is 4.98. The van der Waals surface area contributed by atoms with Crippen molar-refractivity contribution in [2.45, 2.75) is 20.8 Å². The molecule has 0 bridgehead atoms. The van der Waals surface area contributed by atoms with Crippen molar-refractivity contribution in [1.29, 1.82) is 0 Å². The summed E-state index contributed by atoms with van der Waals surface area (Å²) < 4.78 is 13.4. The van der Waals surface area contributed by atoms with Crippen molar-refractivity contribution in [3.63, 3.8) is 0 Å². The first-order valence-electron chi connectivity index (χ1n) is 9.75. The maximum Gasteiger partial charge on any atom is 0.282 e. The molecule has 1 heterocycles. The molecule has 0 spiro atoms. The minimum atomic E-state index is -0.501. The van der Waals surface area contributed by atoms with Crippen molar-refractivity contribution < 1.29 is 14.0 Å². The molecule has 31 heavy (non-hydrogen) atoms. The maximum atomic E-state index is 13.4. The minimum absolute atomic E-state index is 0.169. The molecule has 0 radical (unpaired) electrons. The summed E-state index contributed by atoms with van der Waals surface area (Å²) in [5.74, 6) is -1.41. The van der Waals surface area contributed by atoms with Crippen LogP contribution in [0.4, 0.5) is 15.8 Å². The molecule has 0 atom stereocenters. The van der Waals surface area contributed by atoms with Gasteiger partial charge < -0.3 is 5.32 Å². The van der Waals surface area contributed by atoms with E-state index in [4.69, 9.17) is 11.6 Å². The van der Waals surface area contributed by atoms with Gasteiger partial charge in [-0.25, -0.2) is 9.29 Å². The van der Waals surface area contributed by atoms with E-state index in [9.17, 15) is 14.0 Å². The van der Waals surface area contributed by atoms with Gasteiger partial charge in [0.25, 0.3) is 11.8 Å². The van der Waals surface area contributed by atoms with Gasteiger partial charge in [0.15, 0.2) is 0 Å². The quantitative estimate of drug-likeness (QED) is 0.528. The standard InChI is InChI=1S/C25H20ClFN2O2/c1-14-4-5-17(12-15(14)2)22-23(28-21-11-6-18(26)13-16(21)3)25(31)29(24(22)30)20-9-7-19(27)8-10-20/h4-13,28H,1-3H3. The van der Waals surface area contributed by atoms with Crippen LogP contribution >= 0.6 is 11.6 Å². The number of halogens is 2. The summed E-state index contributed by atoms with van der Waals surface area (Å²) in [4.78, 5) is 27.9. The first-order valence-corrected chi connectivity index (χ1v) is 10.1. The molecule has 156 valence electrons. The number of anilines is 2. The molecule has 4 nitrogen and oxygen atoms in total. The fourth-order valence-electron chi connectivity index (χ4n) is 3.54. The Morgan fingerprint density at radius 3 is 2.16 bits per heavy atom. The molecule has 1 aliphatic heterocycles. The van der Waals surface area contributed by atoms with Crippen LogP contribution in [0.2, 0.25) is 5.02 Å². The molecule has 0 unspecified atom stereocenters. The molecule has 0 aliphatic carbocycles. The van der Waals surface area contributed by atoms with Crippen molar-refractivity contribution in [1.82, 2.24) is 0 Å². The van der Waals surface area contributed by atoms with Gasteiger partial charge in [-0.3, -0.25) is 9.59 Å².